The Morgan fingerprint density at radius 2 is 1.96 bits per heavy atom. The summed E-state index contributed by atoms with van der Waals surface area (Å²) in [5, 5.41) is 19.2. The molecule has 0 radical (unpaired) electrons. The second-order valence-corrected chi connectivity index (χ2v) is 9.00. The van der Waals surface area contributed by atoms with Gasteiger partial charge in [-0.15, -0.1) is 0 Å². The van der Waals surface area contributed by atoms with E-state index in [1.807, 2.05) is 6.92 Å². The van der Waals surface area contributed by atoms with Crippen molar-refractivity contribution in [3.05, 3.63) is 23.8 Å². The lowest BCUT2D eigenvalue weighted by atomic mass is 10.1. The Kier molecular flexibility index (Phi) is 3.68. The third kappa shape index (κ3) is 2.67. The lowest BCUT2D eigenvalue weighted by Gasteiger charge is -2.23. The van der Waals surface area contributed by atoms with Crippen molar-refractivity contribution in [1.29, 1.82) is 0 Å². The molecule has 2 N–H and O–H groups in total. The van der Waals surface area contributed by atoms with Crippen LogP contribution in [-0.2, 0) is 13.3 Å². The average molecular weight is 335 g/mol. The zero-order chi connectivity index (χ0) is 16.0. The molecular weight excluding hydrogens is 314 g/mol. The molecule has 0 amide bonds. The monoisotopic (exact) mass is 335 g/mol. The van der Waals surface area contributed by atoms with E-state index < -0.39 is 8.80 Å². The second-order valence-electron chi connectivity index (χ2n) is 6.43. The lowest BCUT2D eigenvalue weighted by molar-refractivity contribution is 0.0719. The fourth-order valence-electron chi connectivity index (χ4n) is 3.68. The molecule has 2 aliphatic heterocycles. The summed E-state index contributed by atoms with van der Waals surface area (Å²) in [6.07, 6.45) is 3.66. The molecule has 7 heteroatoms. The Morgan fingerprint density at radius 1 is 1.22 bits per heavy atom. The summed E-state index contributed by atoms with van der Waals surface area (Å²) < 4.78 is 18.1. The van der Waals surface area contributed by atoms with E-state index in [4.69, 9.17) is 13.3 Å². The van der Waals surface area contributed by atoms with Crippen molar-refractivity contribution in [1.82, 2.24) is 0 Å². The number of hydrogen-bond donors (Lipinski definition) is 2. The molecule has 2 heterocycles. The van der Waals surface area contributed by atoms with Gasteiger partial charge in [0, 0.05) is 29.9 Å². The highest BCUT2D eigenvalue weighted by atomic mass is 28.4. The fourth-order valence-corrected chi connectivity index (χ4v) is 6.94. The number of rotatable bonds is 5. The van der Waals surface area contributed by atoms with E-state index in [9.17, 15) is 10.2 Å². The van der Waals surface area contributed by atoms with Crippen LogP contribution >= 0.6 is 0 Å². The Hall–Kier alpha value is -1.41. The van der Waals surface area contributed by atoms with Crippen LogP contribution in [0.2, 0.25) is 6.04 Å². The van der Waals surface area contributed by atoms with Crippen LogP contribution in [0.25, 0.3) is 0 Å². The molecule has 2 unspecified atom stereocenters. The highest BCUT2D eigenvalue weighted by Gasteiger charge is 2.65. The van der Waals surface area contributed by atoms with Gasteiger partial charge >= 0.3 is 8.80 Å². The number of nitrogens with zero attached hydrogens (tertiary/aromatic N) is 1. The highest BCUT2D eigenvalue weighted by molar-refractivity contribution is 6.62. The molecule has 2 bridgehead atoms. The van der Waals surface area contributed by atoms with Crippen molar-refractivity contribution < 1.29 is 23.5 Å². The predicted octanol–water partition coefficient (Wildman–Crippen LogP) is 2.21. The van der Waals surface area contributed by atoms with Crippen molar-refractivity contribution in [2.45, 2.75) is 50.5 Å². The van der Waals surface area contributed by atoms with Gasteiger partial charge in [-0.2, -0.15) is 0 Å². The summed E-state index contributed by atoms with van der Waals surface area (Å²) in [5.74, 6) is 0.0856. The molecule has 1 saturated carbocycles. The van der Waals surface area contributed by atoms with Crippen LogP contribution in [0.1, 0.15) is 31.7 Å². The normalized spacial score (nSPS) is 35.2. The average Bonchev–Trinajstić information content (AvgIpc) is 3.09. The Morgan fingerprint density at radius 3 is 2.61 bits per heavy atom. The topological polar surface area (TPSA) is 80.5 Å². The van der Waals surface area contributed by atoms with Crippen LogP contribution in [0.5, 0.6) is 11.5 Å². The predicted molar refractivity (Wildman–Crippen MR) is 85.9 cm³/mol. The van der Waals surface area contributed by atoms with Crippen molar-refractivity contribution in [2.75, 3.05) is 6.54 Å². The molecule has 3 fully saturated rings. The van der Waals surface area contributed by atoms with E-state index in [0.29, 0.717) is 12.1 Å². The standard InChI is InChI=1S/C16H21NO5Si/c1-10(12-4-3-11(18)9-13(12)19)17-7-2-8-23-20-14-5-6-15(21-23)16(14)22-23/h3-4,9,14-16,18-19H,2,5-8H2,1H3/b17-10-. The van der Waals surface area contributed by atoms with Crippen LogP contribution < -0.4 is 0 Å². The minimum Gasteiger partial charge on any atom is -0.508 e. The lowest BCUT2D eigenvalue weighted by Crippen LogP contribution is -2.41. The number of phenolic OH excluding ortho intramolecular Hbond substituents is 2. The van der Waals surface area contributed by atoms with E-state index in [0.717, 1.165) is 31.0 Å². The number of phenols is 2. The van der Waals surface area contributed by atoms with Crippen molar-refractivity contribution in [3.63, 3.8) is 0 Å². The van der Waals surface area contributed by atoms with Crippen molar-refractivity contribution >= 4 is 14.5 Å². The molecule has 2 saturated heterocycles. The van der Waals surface area contributed by atoms with Gasteiger partial charge in [-0.25, -0.2) is 0 Å². The molecule has 2 atom stereocenters. The van der Waals surface area contributed by atoms with Crippen LogP contribution in [0.4, 0.5) is 0 Å². The third-order valence-corrected chi connectivity index (χ3v) is 7.73. The van der Waals surface area contributed by atoms with Gasteiger partial charge in [0.1, 0.15) is 11.5 Å². The Bertz CT molecular complexity index is 630. The van der Waals surface area contributed by atoms with E-state index in [1.54, 1.807) is 12.1 Å². The molecule has 0 aromatic heterocycles. The van der Waals surface area contributed by atoms with Crippen LogP contribution in [0, 0.1) is 0 Å². The van der Waals surface area contributed by atoms with E-state index >= 15 is 0 Å². The van der Waals surface area contributed by atoms with Gasteiger partial charge in [0.25, 0.3) is 0 Å². The van der Waals surface area contributed by atoms with Crippen molar-refractivity contribution in [3.8, 4) is 11.5 Å². The quantitative estimate of drug-likeness (QED) is 0.490. The van der Waals surface area contributed by atoms with Gasteiger partial charge < -0.3 is 23.5 Å². The summed E-state index contributed by atoms with van der Waals surface area (Å²) in [6.45, 7) is 2.49. The van der Waals surface area contributed by atoms with Crippen molar-refractivity contribution in [2.24, 2.45) is 4.99 Å². The molecule has 1 aromatic carbocycles. The maximum atomic E-state index is 9.85. The molecular formula is C16H21NO5Si. The minimum absolute atomic E-state index is 0.0419. The third-order valence-electron chi connectivity index (χ3n) is 4.81. The summed E-state index contributed by atoms with van der Waals surface area (Å²) in [7, 11) is -2.42. The second kappa shape index (κ2) is 5.59. The van der Waals surface area contributed by atoms with Gasteiger partial charge in [-0.05, 0) is 38.3 Å². The zero-order valence-electron chi connectivity index (χ0n) is 13.1. The van der Waals surface area contributed by atoms with Gasteiger partial charge in [0.15, 0.2) is 0 Å². The van der Waals surface area contributed by atoms with Gasteiger partial charge in [0.2, 0.25) is 0 Å². The number of fused-ring (bicyclic) bond motifs is 1. The Labute approximate surface area is 136 Å². The molecule has 4 rings (SSSR count). The molecule has 3 aliphatic rings. The van der Waals surface area contributed by atoms with Gasteiger partial charge in [-0.1, -0.05) is 0 Å². The molecule has 0 spiro atoms. The molecule has 1 aromatic rings. The first-order valence-electron chi connectivity index (χ1n) is 8.13. The summed E-state index contributed by atoms with van der Waals surface area (Å²) >= 11 is 0. The van der Waals surface area contributed by atoms with Gasteiger partial charge in [-0.3, -0.25) is 4.99 Å². The first-order chi connectivity index (χ1) is 11.1. The largest absolute Gasteiger partial charge is 0.508 e. The first-order valence-corrected chi connectivity index (χ1v) is 10.1. The van der Waals surface area contributed by atoms with Crippen LogP contribution in [-0.4, -0.2) is 49.6 Å². The molecule has 6 nitrogen and oxygen atoms in total. The Balaban J connectivity index is 1.33. The maximum Gasteiger partial charge on any atom is 0.502 e. The summed E-state index contributed by atoms with van der Waals surface area (Å²) in [4.78, 5) is 4.51. The number of benzene rings is 1. The van der Waals surface area contributed by atoms with Crippen LogP contribution in [0.3, 0.4) is 0 Å². The summed E-state index contributed by atoms with van der Waals surface area (Å²) in [6, 6.07) is 5.34. The number of aromatic hydroxyl groups is 2. The molecule has 23 heavy (non-hydrogen) atoms. The minimum atomic E-state index is -2.42. The smallest absolute Gasteiger partial charge is 0.502 e. The number of aliphatic imine (C=N–C) groups is 1. The van der Waals surface area contributed by atoms with E-state index in [1.165, 1.54) is 6.07 Å². The first kappa shape index (κ1) is 15.1. The SMILES string of the molecule is C/C(=N/CCC[Si]12OC3CCC(O1)C3O2)c1ccc(O)cc1O. The summed E-state index contributed by atoms with van der Waals surface area (Å²) in [5.41, 5.74) is 1.39. The van der Waals surface area contributed by atoms with E-state index in [2.05, 4.69) is 4.99 Å². The highest BCUT2D eigenvalue weighted by Crippen LogP contribution is 2.47. The fraction of sp³-hybridized carbons (Fsp3) is 0.562. The zero-order valence-corrected chi connectivity index (χ0v) is 14.1. The van der Waals surface area contributed by atoms with Gasteiger partial charge in [0.05, 0.1) is 18.3 Å². The molecule has 124 valence electrons. The number of hydrogen-bond acceptors (Lipinski definition) is 6. The maximum absolute atomic E-state index is 9.85. The van der Waals surface area contributed by atoms with E-state index in [-0.39, 0.29) is 29.8 Å². The molecule has 1 aliphatic carbocycles. The van der Waals surface area contributed by atoms with Crippen LogP contribution in [0.15, 0.2) is 23.2 Å².